The van der Waals surface area contributed by atoms with Crippen molar-refractivity contribution in [3.63, 3.8) is 0 Å². The fourth-order valence-electron chi connectivity index (χ4n) is 1.77. The number of benzene rings is 1. The molecular formula is C14H8F12O. The molecular weight excluding hydrogens is 412 g/mol. The van der Waals surface area contributed by atoms with Gasteiger partial charge in [-0.2, -0.15) is 43.9 Å². The van der Waals surface area contributed by atoms with E-state index in [-0.39, 0.29) is 0 Å². The van der Waals surface area contributed by atoms with Gasteiger partial charge in [0.2, 0.25) is 5.78 Å². The Morgan fingerprint density at radius 3 is 1.52 bits per heavy atom. The Kier molecular flexibility index (Phi) is 5.63. The number of halogens is 12. The van der Waals surface area contributed by atoms with Gasteiger partial charge in [0.15, 0.2) is 0 Å². The highest BCUT2D eigenvalue weighted by molar-refractivity contribution is 6.02. The number of carbonyl (C=O) groups excluding carboxylic acids is 1. The second kappa shape index (κ2) is 6.59. The molecule has 0 unspecified atom stereocenters. The summed E-state index contributed by atoms with van der Waals surface area (Å²) in [4.78, 5) is 11.4. The van der Waals surface area contributed by atoms with Crippen molar-refractivity contribution in [1.82, 2.24) is 0 Å². The SMILES string of the molecule is Cc1ccc(C(=O)C(F)(F)C(F)(F)C(F)(F)C(F)(F)C(F)(F)C(F)F)cc1. The first kappa shape index (κ1) is 23.1. The van der Waals surface area contributed by atoms with Crippen molar-refractivity contribution < 1.29 is 57.5 Å². The summed E-state index contributed by atoms with van der Waals surface area (Å²) in [7, 11) is 0. The maximum Gasteiger partial charge on any atom is 0.386 e. The lowest BCUT2D eigenvalue weighted by Gasteiger charge is -2.38. The molecule has 1 aromatic carbocycles. The molecule has 154 valence electrons. The minimum absolute atomic E-state index is 0.301. The molecule has 0 saturated carbocycles. The van der Waals surface area contributed by atoms with Gasteiger partial charge >= 0.3 is 36.0 Å². The van der Waals surface area contributed by atoms with Crippen LogP contribution in [0.4, 0.5) is 52.7 Å². The van der Waals surface area contributed by atoms with Crippen LogP contribution in [0.5, 0.6) is 0 Å². The number of rotatable bonds is 7. The van der Waals surface area contributed by atoms with Gasteiger partial charge in [-0.25, -0.2) is 8.78 Å². The summed E-state index contributed by atoms with van der Waals surface area (Å²) in [6.45, 7) is 1.35. The number of alkyl halides is 12. The highest BCUT2D eigenvalue weighted by Crippen LogP contribution is 2.58. The van der Waals surface area contributed by atoms with E-state index in [1.165, 1.54) is 6.92 Å². The normalized spacial score (nSPS) is 14.6. The van der Waals surface area contributed by atoms with Crippen molar-refractivity contribution in [3.8, 4) is 0 Å². The third-order valence-electron chi connectivity index (χ3n) is 3.47. The lowest BCUT2D eigenvalue weighted by Crippen LogP contribution is -2.69. The first-order valence-corrected chi connectivity index (χ1v) is 6.64. The number of hydrogen-bond acceptors (Lipinski definition) is 1. The van der Waals surface area contributed by atoms with Crippen molar-refractivity contribution in [1.29, 1.82) is 0 Å². The molecule has 0 saturated heterocycles. The fourth-order valence-corrected chi connectivity index (χ4v) is 1.77. The molecule has 0 atom stereocenters. The summed E-state index contributed by atoms with van der Waals surface area (Å²) >= 11 is 0. The second-order valence-corrected chi connectivity index (χ2v) is 5.42. The van der Waals surface area contributed by atoms with Gasteiger partial charge in [-0.15, -0.1) is 0 Å². The van der Waals surface area contributed by atoms with Crippen molar-refractivity contribution >= 4 is 5.78 Å². The topological polar surface area (TPSA) is 17.1 Å². The molecule has 0 aromatic heterocycles. The lowest BCUT2D eigenvalue weighted by atomic mass is 9.90. The number of ketones is 1. The van der Waals surface area contributed by atoms with E-state index in [4.69, 9.17) is 0 Å². The van der Waals surface area contributed by atoms with Crippen LogP contribution >= 0.6 is 0 Å². The zero-order chi connectivity index (χ0) is 21.6. The van der Waals surface area contributed by atoms with Crippen molar-refractivity contribution in [2.24, 2.45) is 0 Å². The molecule has 0 spiro atoms. The average Bonchev–Trinajstić information content (AvgIpc) is 2.53. The van der Waals surface area contributed by atoms with Gasteiger partial charge in [0.1, 0.15) is 0 Å². The Balaban J connectivity index is 3.47. The van der Waals surface area contributed by atoms with Crippen LogP contribution in [-0.2, 0) is 0 Å². The Morgan fingerprint density at radius 2 is 1.15 bits per heavy atom. The quantitative estimate of drug-likeness (QED) is 0.414. The largest absolute Gasteiger partial charge is 0.386 e. The molecule has 0 fully saturated rings. The third kappa shape index (κ3) is 3.24. The van der Waals surface area contributed by atoms with Gasteiger partial charge < -0.3 is 0 Å². The summed E-state index contributed by atoms with van der Waals surface area (Å²) in [6.07, 6.45) is -5.59. The molecule has 0 amide bonds. The van der Waals surface area contributed by atoms with Gasteiger partial charge in [0.05, 0.1) is 0 Å². The molecule has 27 heavy (non-hydrogen) atoms. The number of aryl methyl sites for hydroxylation is 1. The van der Waals surface area contributed by atoms with E-state index in [0.29, 0.717) is 17.7 Å². The van der Waals surface area contributed by atoms with Crippen LogP contribution in [0.1, 0.15) is 15.9 Å². The van der Waals surface area contributed by atoms with Crippen molar-refractivity contribution in [2.45, 2.75) is 43.0 Å². The van der Waals surface area contributed by atoms with Crippen LogP contribution in [0.15, 0.2) is 24.3 Å². The second-order valence-electron chi connectivity index (χ2n) is 5.42. The van der Waals surface area contributed by atoms with Crippen molar-refractivity contribution in [3.05, 3.63) is 35.4 Å². The van der Waals surface area contributed by atoms with Gasteiger partial charge in [-0.1, -0.05) is 29.8 Å². The first-order valence-electron chi connectivity index (χ1n) is 6.64. The Bertz CT molecular complexity index is 693. The van der Waals surface area contributed by atoms with E-state index in [2.05, 4.69) is 0 Å². The van der Waals surface area contributed by atoms with E-state index in [0.717, 1.165) is 12.1 Å². The van der Waals surface area contributed by atoms with Crippen LogP contribution in [0.25, 0.3) is 0 Å². The minimum Gasteiger partial charge on any atom is -0.287 e. The summed E-state index contributed by atoms with van der Waals surface area (Å²) in [5, 5.41) is 0. The van der Waals surface area contributed by atoms with E-state index in [9.17, 15) is 57.5 Å². The first-order chi connectivity index (χ1) is 11.9. The Morgan fingerprint density at radius 1 is 0.741 bits per heavy atom. The maximum absolute atomic E-state index is 13.7. The molecule has 1 aromatic rings. The van der Waals surface area contributed by atoms with Crippen molar-refractivity contribution in [2.75, 3.05) is 0 Å². The smallest absolute Gasteiger partial charge is 0.287 e. The summed E-state index contributed by atoms with van der Waals surface area (Å²) in [5.74, 6) is -39.6. The summed E-state index contributed by atoms with van der Waals surface area (Å²) < 4.78 is 156. The predicted octanol–water partition coefficient (Wildman–Crippen LogP) is 5.62. The fraction of sp³-hybridized carbons (Fsp3) is 0.500. The van der Waals surface area contributed by atoms with Gasteiger partial charge in [-0.3, -0.25) is 4.79 Å². The summed E-state index contributed by atoms with van der Waals surface area (Å²) in [6, 6.07) is 2.73. The van der Waals surface area contributed by atoms with Gasteiger partial charge in [0, 0.05) is 5.56 Å². The van der Waals surface area contributed by atoms with E-state index >= 15 is 0 Å². The predicted molar refractivity (Wildman–Crippen MR) is 66.2 cm³/mol. The Hall–Kier alpha value is -1.95. The highest BCUT2D eigenvalue weighted by atomic mass is 19.4. The lowest BCUT2D eigenvalue weighted by molar-refractivity contribution is -0.405. The molecule has 0 aliphatic heterocycles. The minimum atomic E-state index is -7.72. The molecule has 0 bridgehead atoms. The maximum atomic E-state index is 13.7. The number of hydrogen-bond donors (Lipinski definition) is 0. The molecule has 0 heterocycles. The zero-order valence-corrected chi connectivity index (χ0v) is 12.8. The number of carbonyl (C=O) groups is 1. The average molecular weight is 420 g/mol. The summed E-state index contributed by atoms with van der Waals surface area (Å²) in [5.41, 5.74) is -1.03. The molecule has 0 aliphatic rings. The third-order valence-corrected chi connectivity index (χ3v) is 3.47. The van der Waals surface area contributed by atoms with Gasteiger partial charge in [0.25, 0.3) is 0 Å². The van der Waals surface area contributed by atoms with Crippen LogP contribution in [0.3, 0.4) is 0 Å². The number of Topliss-reactive ketones (excluding diaryl/α,β-unsaturated/α-hetero) is 1. The molecule has 13 heteroatoms. The van der Waals surface area contributed by atoms with E-state index < -0.39 is 47.4 Å². The molecule has 1 rings (SSSR count). The van der Waals surface area contributed by atoms with Crippen LogP contribution in [0, 0.1) is 6.92 Å². The van der Waals surface area contributed by atoms with Gasteiger partial charge in [-0.05, 0) is 6.92 Å². The van der Waals surface area contributed by atoms with E-state index in [1.54, 1.807) is 0 Å². The van der Waals surface area contributed by atoms with Crippen LogP contribution in [0.2, 0.25) is 0 Å². The van der Waals surface area contributed by atoms with Crippen LogP contribution in [-0.4, -0.2) is 41.8 Å². The molecule has 0 aliphatic carbocycles. The van der Waals surface area contributed by atoms with Crippen LogP contribution < -0.4 is 0 Å². The molecule has 1 nitrogen and oxygen atoms in total. The Labute approximate surface area is 142 Å². The zero-order valence-electron chi connectivity index (χ0n) is 12.8. The molecule has 0 N–H and O–H groups in total. The van der Waals surface area contributed by atoms with E-state index in [1.807, 2.05) is 0 Å². The standard InChI is InChI=1S/C14H8F12O/c1-6-2-4-7(5-3-6)8(27)10(17,18)12(21,22)14(25,26)13(23,24)11(19,20)9(15)16/h2-5,9H,1H3. The molecule has 0 radical (unpaired) electrons. The highest BCUT2D eigenvalue weighted by Gasteiger charge is 2.88. The monoisotopic (exact) mass is 420 g/mol.